The maximum Gasteiger partial charge on any atom is 0.261 e. The van der Waals surface area contributed by atoms with E-state index >= 15 is 0 Å². The zero-order valence-electron chi connectivity index (χ0n) is 21.9. The molecule has 0 unspecified atom stereocenters. The molecule has 208 valence electrons. The first-order chi connectivity index (χ1) is 17.7. The Labute approximate surface area is 246 Å². The number of nitrogens with zero attached hydrogens (tertiary/aromatic N) is 5. The number of furan rings is 1. The summed E-state index contributed by atoms with van der Waals surface area (Å²) in [5, 5.41) is 0.694. The second-order valence-electron chi connectivity index (χ2n) is 9.80. The van der Waals surface area contributed by atoms with Crippen LogP contribution in [0.1, 0.15) is 30.3 Å². The summed E-state index contributed by atoms with van der Waals surface area (Å²) in [5.74, 6) is 3.46. The minimum absolute atomic E-state index is 0. The van der Waals surface area contributed by atoms with Gasteiger partial charge in [0.2, 0.25) is 0 Å². The van der Waals surface area contributed by atoms with Crippen molar-refractivity contribution in [1.29, 1.82) is 0 Å². The number of hydrogen-bond acceptors (Lipinski definition) is 5. The van der Waals surface area contributed by atoms with Crippen molar-refractivity contribution in [2.45, 2.75) is 39.3 Å². The van der Waals surface area contributed by atoms with Gasteiger partial charge in [-0.2, -0.15) is 0 Å². The summed E-state index contributed by atoms with van der Waals surface area (Å²) in [7, 11) is 0. The molecular formula is C29H34Cl3N5O2. The number of likely N-dealkylation sites (tertiary alicyclic amines) is 1. The Morgan fingerprint density at radius 3 is 2.31 bits per heavy atom. The highest BCUT2D eigenvalue weighted by atomic mass is 35.5. The zero-order valence-corrected chi connectivity index (χ0v) is 24.3. The molecule has 1 aliphatic rings. The van der Waals surface area contributed by atoms with Crippen molar-refractivity contribution < 1.29 is 4.42 Å². The van der Waals surface area contributed by atoms with Crippen LogP contribution in [0.2, 0.25) is 0 Å². The van der Waals surface area contributed by atoms with E-state index < -0.39 is 0 Å². The number of piperidine rings is 1. The number of fused-ring (bicyclic) bond motifs is 2. The predicted molar refractivity (Wildman–Crippen MR) is 163 cm³/mol. The summed E-state index contributed by atoms with van der Waals surface area (Å²) in [5.41, 5.74) is 3.03. The molecule has 39 heavy (non-hydrogen) atoms. The van der Waals surface area contributed by atoms with Crippen molar-refractivity contribution in [3.8, 4) is 0 Å². The fourth-order valence-corrected chi connectivity index (χ4v) is 5.47. The Morgan fingerprint density at radius 2 is 1.56 bits per heavy atom. The number of benzene rings is 2. The molecule has 0 amide bonds. The lowest BCUT2D eigenvalue weighted by Gasteiger charge is -2.32. The van der Waals surface area contributed by atoms with E-state index in [0.717, 1.165) is 72.9 Å². The molecule has 4 heterocycles. The summed E-state index contributed by atoms with van der Waals surface area (Å²) in [6.45, 7) is 6.25. The molecule has 0 spiro atoms. The number of rotatable bonds is 7. The third kappa shape index (κ3) is 6.49. The molecule has 1 aliphatic heterocycles. The van der Waals surface area contributed by atoms with Gasteiger partial charge in [-0.3, -0.25) is 9.36 Å². The number of aryl methyl sites for hydroxylation is 1. The molecule has 0 bridgehead atoms. The third-order valence-corrected chi connectivity index (χ3v) is 7.50. The van der Waals surface area contributed by atoms with Gasteiger partial charge in [0.1, 0.15) is 17.4 Å². The quantitative estimate of drug-likeness (QED) is 0.236. The lowest BCUT2D eigenvalue weighted by molar-refractivity contribution is 0.176. The molecule has 0 radical (unpaired) electrons. The first kappa shape index (κ1) is 30.7. The van der Waals surface area contributed by atoms with Gasteiger partial charge in [0.15, 0.2) is 0 Å². The molecule has 5 aromatic rings. The Kier molecular flexibility index (Phi) is 10.6. The van der Waals surface area contributed by atoms with Gasteiger partial charge in [0, 0.05) is 19.5 Å². The molecule has 0 saturated carbocycles. The average molecular weight is 591 g/mol. The topological polar surface area (TPSA) is 69.1 Å². The van der Waals surface area contributed by atoms with Crippen LogP contribution < -0.4 is 5.56 Å². The summed E-state index contributed by atoms with van der Waals surface area (Å²) >= 11 is 0. The number of imidazole rings is 1. The van der Waals surface area contributed by atoms with Crippen LogP contribution in [0.3, 0.4) is 0 Å². The second kappa shape index (κ2) is 13.5. The third-order valence-electron chi connectivity index (χ3n) is 7.50. The number of hydrogen-bond donors (Lipinski definition) is 0. The molecule has 6 rings (SSSR count). The van der Waals surface area contributed by atoms with Crippen LogP contribution in [0.25, 0.3) is 21.9 Å². The monoisotopic (exact) mass is 589 g/mol. The molecule has 0 aliphatic carbocycles. The van der Waals surface area contributed by atoms with Crippen molar-refractivity contribution in [1.82, 2.24) is 24.0 Å². The minimum Gasteiger partial charge on any atom is -0.467 e. The van der Waals surface area contributed by atoms with Crippen molar-refractivity contribution in [2.75, 3.05) is 19.6 Å². The maximum absolute atomic E-state index is 13.0. The van der Waals surface area contributed by atoms with Crippen molar-refractivity contribution in [2.24, 2.45) is 5.92 Å². The minimum atomic E-state index is 0. The van der Waals surface area contributed by atoms with Crippen LogP contribution in [0.5, 0.6) is 0 Å². The molecule has 2 aromatic carbocycles. The van der Waals surface area contributed by atoms with Crippen LogP contribution in [0.15, 0.2) is 76.1 Å². The fourth-order valence-electron chi connectivity index (χ4n) is 5.47. The fraction of sp³-hybridized carbons (Fsp3) is 0.345. The molecule has 7 nitrogen and oxygen atoms in total. The SMILES string of the molecule is Cc1nc2ccccc2c(=O)n1CCN1CCC(Cc2nc3ccccc3n2Cc2ccco2)CC1.Cl.Cl.Cl. The molecule has 1 fully saturated rings. The smallest absolute Gasteiger partial charge is 0.261 e. The average Bonchev–Trinajstić information content (AvgIpc) is 3.53. The van der Waals surface area contributed by atoms with Crippen LogP contribution >= 0.6 is 37.2 Å². The standard InChI is InChI=1S/C29H31N5O2.3ClH/c1-21-30-25-9-3-2-8-24(25)29(35)33(21)17-16-32-14-12-22(13-15-32)19-28-31-26-10-4-5-11-27(26)34(28)20-23-7-6-18-36-23;;;/h2-11,18,22H,12-17,19-20H2,1H3;3*1H. The highest BCUT2D eigenvalue weighted by Gasteiger charge is 2.23. The molecule has 10 heteroatoms. The molecule has 3 aromatic heterocycles. The van der Waals surface area contributed by atoms with E-state index in [1.807, 2.05) is 54.0 Å². The van der Waals surface area contributed by atoms with Crippen molar-refractivity contribution in [3.05, 3.63) is 94.7 Å². The van der Waals surface area contributed by atoms with E-state index in [1.54, 1.807) is 6.26 Å². The van der Waals surface area contributed by atoms with E-state index in [1.165, 1.54) is 0 Å². The van der Waals surface area contributed by atoms with E-state index in [2.05, 4.69) is 32.7 Å². The Bertz CT molecular complexity index is 1560. The molecule has 0 atom stereocenters. The molecule has 0 N–H and O–H groups in total. The van der Waals surface area contributed by atoms with E-state index in [0.29, 0.717) is 24.4 Å². The molecule has 1 saturated heterocycles. The van der Waals surface area contributed by atoms with Crippen molar-refractivity contribution >= 4 is 59.2 Å². The van der Waals surface area contributed by atoms with E-state index in [9.17, 15) is 4.79 Å². The normalized spacial score (nSPS) is 14.1. The van der Waals surface area contributed by atoms with Gasteiger partial charge in [-0.25, -0.2) is 9.97 Å². The zero-order chi connectivity index (χ0) is 24.5. The van der Waals surface area contributed by atoms with Gasteiger partial charge in [-0.1, -0.05) is 24.3 Å². The van der Waals surface area contributed by atoms with Gasteiger partial charge in [-0.05, 0) is 75.2 Å². The Balaban J connectivity index is 0.00000140. The van der Waals surface area contributed by atoms with Crippen molar-refractivity contribution in [3.63, 3.8) is 0 Å². The molecular weight excluding hydrogens is 557 g/mol. The number of para-hydroxylation sites is 3. The largest absolute Gasteiger partial charge is 0.467 e. The summed E-state index contributed by atoms with van der Waals surface area (Å²) in [6.07, 6.45) is 4.96. The Morgan fingerprint density at radius 1 is 0.846 bits per heavy atom. The van der Waals surface area contributed by atoms with Gasteiger partial charge in [0.25, 0.3) is 5.56 Å². The van der Waals surface area contributed by atoms with E-state index in [-0.39, 0.29) is 42.8 Å². The lowest BCUT2D eigenvalue weighted by Crippen LogP contribution is -2.38. The highest BCUT2D eigenvalue weighted by Crippen LogP contribution is 2.25. The summed E-state index contributed by atoms with van der Waals surface area (Å²) in [4.78, 5) is 25.1. The van der Waals surface area contributed by atoms with Gasteiger partial charge in [-0.15, -0.1) is 37.2 Å². The van der Waals surface area contributed by atoms with Gasteiger partial charge >= 0.3 is 0 Å². The van der Waals surface area contributed by atoms with Crippen LogP contribution in [-0.2, 0) is 19.5 Å². The first-order valence-electron chi connectivity index (χ1n) is 12.8. The lowest BCUT2D eigenvalue weighted by atomic mass is 9.93. The summed E-state index contributed by atoms with van der Waals surface area (Å²) in [6, 6.07) is 19.9. The van der Waals surface area contributed by atoms with Gasteiger partial charge < -0.3 is 13.9 Å². The predicted octanol–water partition coefficient (Wildman–Crippen LogP) is 5.92. The maximum atomic E-state index is 13.0. The summed E-state index contributed by atoms with van der Waals surface area (Å²) < 4.78 is 9.77. The second-order valence-corrected chi connectivity index (χ2v) is 9.80. The van der Waals surface area contributed by atoms with Gasteiger partial charge in [0.05, 0.1) is 34.7 Å². The van der Waals surface area contributed by atoms with Crippen LogP contribution in [0.4, 0.5) is 0 Å². The Hall–Kier alpha value is -2.84. The van der Waals surface area contributed by atoms with Crippen LogP contribution in [0, 0.1) is 12.8 Å². The number of aromatic nitrogens is 4. The van der Waals surface area contributed by atoms with Crippen LogP contribution in [-0.4, -0.2) is 43.6 Å². The highest BCUT2D eigenvalue weighted by molar-refractivity contribution is 5.86. The first-order valence-corrected chi connectivity index (χ1v) is 12.8. The number of halogens is 3. The van der Waals surface area contributed by atoms with E-state index in [4.69, 9.17) is 9.40 Å².